The van der Waals surface area contributed by atoms with E-state index in [0.29, 0.717) is 6.42 Å². The van der Waals surface area contributed by atoms with Crippen molar-refractivity contribution in [1.29, 1.82) is 0 Å². The molecule has 82 valence electrons. The topological polar surface area (TPSA) is 43.4 Å². The molecule has 0 aromatic heterocycles. The van der Waals surface area contributed by atoms with Crippen molar-refractivity contribution in [3.05, 3.63) is 0 Å². The monoisotopic (exact) mass is 200 g/mol. The van der Waals surface area contributed by atoms with Crippen molar-refractivity contribution in [3.8, 4) is 0 Å². The molecule has 0 rings (SSSR count). The molecule has 0 aliphatic heterocycles. The summed E-state index contributed by atoms with van der Waals surface area (Å²) < 4.78 is 4.68. The molecule has 14 heavy (non-hydrogen) atoms. The van der Waals surface area contributed by atoms with Crippen LogP contribution in [0.25, 0.3) is 0 Å². The molecule has 0 aromatic carbocycles. The number of ether oxygens (including phenoxy) is 1. The minimum atomic E-state index is -0.597. The molecule has 0 fully saturated rings. The predicted octanol–water partition coefficient (Wildman–Crippen LogP) is 2.68. The standard InChI is InChI=1S/C11H20O3/c1-5-6-7-8-9(12)14-10(13)11(2,3)4/h5-8H2,1-4H3. The van der Waals surface area contributed by atoms with Crippen LogP contribution >= 0.6 is 0 Å². The summed E-state index contributed by atoms with van der Waals surface area (Å²) in [6.45, 7) is 7.25. The Bertz CT molecular complexity index is 201. The molecule has 0 N–H and O–H groups in total. The van der Waals surface area contributed by atoms with Crippen LogP contribution in [-0.2, 0) is 14.3 Å². The van der Waals surface area contributed by atoms with Crippen LogP contribution < -0.4 is 0 Å². The zero-order chi connectivity index (χ0) is 11.2. The third-order valence-electron chi connectivity index (χ3n) is 1.80. The second-order valence-electron chi connectivity index (χ2n) is 4.47. The first-order chi connectivity index (χ1) is 6.38. The third kappa shape index (κ3) is 5.73. The first kappa shape index (κ1) is 13.1. The molecule has 0 unspecified atom stereocenters. The number of hydrogen-bond donors (Lipinski definition) is 0. The van der Waals surface area contributed by atoms with Crippen molar-refractivity contribution in [2.24, 2.45) is 5.41 Å². The van der Waals surface area contributed by atoms with Gasteiger partial charge in [-0.05, 0) is 27.2 Å². The second kappa shape index (κ2) is 5.78. The molecule has 0 aliphatic rings. The normalized spacial score (nSPS) is 11.1. The Morgan fingerprint density at radius 1 is 1.14 bits per heavy atom. The lowest BCUT2D eigenvalue weighted by Gasteiger charge is -2.14. The fourth-order valence-electron chi connectivity index (χ4n) is 0.827. The molecule has 3 nitrogen and oxygen atoms in total. The molecule has 0 saturated heterocycles. The van der Waals surface area contributed by atoms with Crippen LogP contribution in [0, 0.1) is 5.41 Å². The van der Waals surface area contributed by atoms with Gasteiger partial charge in [0.1, 0.15) is 0 Å². The summed E-state index contributed by atoms with van der Waals surface area (Å²) in [6.07, 6.45) is 3.20. The first-order valence-corrected chi connectivity index (χ1v) is 5.13. The lowest BCUT2D eigenvalue weighted by Crippen LogP contribution is -2.25. The Kier molecular flexibility index (Phi) is 5.43. The van der Waals surface area contributed by atoms with E-state index in [1.54, 1.807) is 20.8 Å². The molecule has 0 amide bonds. The fraction of sp³-hybridized carbons (Fsp3) is 0.818. The van der Waals surface area contributed by atoms with E-state index in [4.69, 9.17) is 0 Å². The summed E-state index contributed by atoms with van der Waals surface area (Å²) >= 11 is 0. The van der Waals surface area contributed by atoms with E-state index >= 15 is 0 Å². The van der Waals surface area contributed by atoms with E-state index in [-0.39, 0.29) is 0 Å². The summed E-state index contributed by atoms with van der Waals surface area (Å²) in [5, 5.41) is 0. The summed E-state index contributed by atoms with van der Waals surface area (Å²) in [5.41, 5.74) is -0.597. The predicted molar refractivity (Wildman–Crippen MR) is 54.7 cm³/mol. The fourth-order valence-corrected chi connectivity index (χ4v) is 0.827. The van der Waals surface area contributed by atoms with Gasteiger partial charge in [-0.15, -0.1) is 0 Å². The number of hydrogen-bond acceptors (Lipinski definition) is 3. The quantitative estimate of drug-likeness (QED) is 0.398. The highest BCUT2D eigenvalue weighted by molar-refractivity contribution is 5.88. The van der Waals surface area contributed by atoms with Gasteiger partial charge in [0.2, 0.25) is 0 Å². The zero-order valence-corrected chi connectivity index (χ0v) is 9.55. The van der Waals surface area contributed by atoms with E-state index in [9.17, 15) is 9.59 Å². The van der Waals surface area contributed by atoms with Gasteiger partial charge in [0, 0.05) is 6.42 Å². The van der Waals surface area contributed by atoms with Crippen LogP contribution in [0.5, 0.6) is 0 Å². The number of unbranched alkanes of at least 4 members (excludes halogenated alkanes) is 2. The maximum Gasteiger partial charge on any atom is 0.318 e. The highest BCUT2D eigenvalue weighted by atomic mass is 16.6. The van der Waals surface area contributed by atoms with Crippen molar-refractivity contribution in [2.45, 2.75) is 53.4 Å². The first-order valence-electron chi connectivity index (χ1n) is 5.13. The number of carbonyl (C=O) groups excluding carboxylic acids is 2. The maximum absolute atomic E-state index is 11.3. The van der Waals surface area contributed by atoms with Gasteiger partial charge >= 0.3 is 11.9 Å². The average Bonchev–Trinajstić information content (AvgIpc) is 2.03. The van der Waals surface area contributed by atoms with Gasteiger partial charge in [-0.25, -0.2) is 0 Å². The van der Waals surface area contributed by atoms with Crippen molar-refractivity contribution < 1.29 is 14.3 Å². The van der Waals surface area contributed by atoms with Crippen LogP contribution in [0.15, 0.2) is 0 Å². The maximum atomic E-state index is 11.3. The molecule has 0 atom stereocenters. The molecular formula is C11H20O3. The van der Waals surface area contributed by atoms with Crippen molar-refractivity contribution >= 4 is 11.9 Å². The lowest BCUT2D eigenvalue weighted by molar-refractivity contribution is -0.165. The zero-order valence-electron chi connectivity index (χ0n) is 9.55. The van der Waals surface area contributed by atoms with Gasteiger partial charge in [0.25, 0.3) is 0 Å². The van der Waals surface area contributed by atoms with E-state index in [1.165, 1.54) is 0 Å². The summed E-state index contributed by atoms with van der Waals surface area (Å²) in [6, 6.07) is 0. The smallest absolute Gasteiger partial charge is 0.318 e. The second-order valence-corrected chi connectivity index (χ2v) is 4.47. The van der Waals surface area contributed by atoms with Crippen LogP contribution in [-0.4, -0.2) is 11.9 Å². The van der Waals surface area contributed by atoms with Gasteiger partial charge in [-0.1, -0.05) is 19.8 Å². The highest BCUT2D eigenvalue weighted by Crippen LogP contribution is 2.15. The van der Waals surface area contributed by atoms with Crippen LogP contribution in [0.2, 0.25) is 0 Å². The lowest BCUT2D eigenvalue weighted by atomic mass is 9.97. The van der Waals surface area contributed by atoms with E-state index in [2.05, 4.69) is 11.7 Å². The Morgan fingerprint density at radius 3 is 2.14 bits per heavy atom. The molecule has 0 saturated carbocycles. The molecule has 0 bridgehead atoms. The molecule has 0 spiro atoms. The van der Waals surface area contributed by atoms with Gasteiger partial charge in [0.15, 0.2) is 0 Å². The number of carbonyl (C=O) groups is 2. The SMILES string of the molecule is CCCCCC(=O)OC(=O)C(C)(C)C. The number of esters is 2. The Balaban J connectivity index is 3.78. The van der Waals surface area contributed by atoms with E-state index in [1.807, 2.05) is 0 Å². The van der Waals surface area contributed by atoms with Gasteiger partial charge in [0.05, 0.1) is 5.41 Å². The molecule has 3 heteroatoms. The van der Waals surface area contributed by atoms with Crippen molar-refractivity contribution in [1.82, 2.24) is 0 Å². The van der Waals surface area contributed by atoms with Crippen LogP contribution in [0.1, 0.15) is 53.4 Å². The molecule has 0 radical (unpaired) electrons. The van der Waals surface area contributed by atoms with Gasteiger partial charge < -0.3 is 4.74 Å². The van der Waals surface area contributed by atoms with E-state index in [0.717, 1.165) is 19.3 Å². The molecular weight excluding hydrogens is 180 g/mol. The molecule has 0 aliphatic carbocycles. The van der Waals surface area contributed by atoms with Gasteiger partial charge in [-0.3, -0.25) is 9.59 Å². The minimum Gasteiger partial charge on any atom is -0.393 e. The molecule has 0 heterocycles. The van der Waals surface area contributed by atoms with Crippen molar-refractivity contribution in [3.63, 3.8) is 0 Å². The Hall–Kier alpha value is -0.860. The van der Waals surface area contributed by atoms with Crippen LogP contribution in [0.3, 0.4) is 0 Å². The summed E-state index contributed by atoms with van der Waals surface area (Å²) in [7, 11) is 0. The van der Waals surface area contributed by atoms with Crippen LogP contribution in [0.4, 0.5) is 0 Å². The Labute approximate surface area is 85.8 Å². The van der Waals surface area contributed by atoms with E-state index < -0.39 is 17.4 Å². The third-order valence-corrected chi connectivity index (χ3v) is 1.80. The summed E-state index contributed by atoms with van der Waals surface area (Å²) in [4.78, 5) is 22.4. The molecule has 0 aromatic rings. The minimum absolute atomic E-state index is 0.343. The highest BCUT2D eigenvalue weighted by Gasteiger charge is 2.25. The Morgan fingerprint density at radius 2 is 1.71 bits per heavy atom. The largest absolute Gasteiger partial charge is 0.393 e. The number of rotatable bonds is 4. The summed E-state index contributed by atoms with van der Waals surface area (Å²) in [5.74, 6) is -0.850. The van der Waals surface area contributed by atoms with Crippen molar-refractivity contribution in [2.75, 3.05) is 0 Å². The van der Waals surface area contributed by atoms with Gasteiger partial charge in [-0.2, -0.15) is 0 Å². The average molecular weight is 200 g/mol.